The van der Waals surface area contributed by atoms with Gasteiger partial charge in [0.1, 0.15) is 0 Å². The van der Waals surface area contributed by atoms with Crippen LogP contribution in [0.2, 0.25) is 0 Å². The van der Waals surface area contributed by atoms with Crippen LogP contribution >= 0.6 is 0 Å². The van der Waals surface area contributed by atoms with Crippen molar-refractivity contribution >= 4 is 45.8 Å². The highest BCUT2D eigenvalue weighted by Gasteiger charge is 2.46. The maximum Gasteiger partial charge on any atom is 0.235 e. The molecule has 0 radical (unpaired) electrons. The summed E-state index contributed by atoms with van der Waals surface area (Å²) in [6.45, 7) is 9.33. The van der Waals surface area contributed by atoms with Crippen molar-refractivity contribution in [3.8, 4) is 5.95 Å². The molecule has 8 rings (SSSR count). The molecule has 0 amide bonds. The van der Waals surface area contributed by atoms with Gasteiger partial charge in [0.05, 0.1) is 16.7 Å². The smallest absolute Gasteiger partial charge is 0.235 e. The summed E-state index contributed by atoms with van der Waals surface area (Å²) in [4.78, 5) is 10.3. The lowest BCUT2D eigenvalue weighted by Gasteiger charge is -2.41. The topological polar surface area (TPSA) is 30.7 Å². The van der Waals surface area contributed by atoms with Gasteiger partial charge in [0.25, 0.3) is 0 Å². The first-order valence-electron chi connectivity index (χ1n) is 18.3. The summed E-state index contributed by atoms with van der Waals surface area (Å²) in [6.07, 6.45) is 17.4. The van der Waals surface area contributed by atoms with Crippen LogP contribution in [-0.2, 0) is 0 Å². The van der Waals surface area contributed by atoms with Crippen LogP contribution in [0.25, 0.3) is 33.3 Å². The van der Waals surface area contributed by atoms with Gasteiger partial charge in [-0.1, -0.05) is 154 Å². The van der Waals surface area contributed by atoms with Gasteiger partial charge in [-0.05, 0) is 81.9 Å². The third-order valence-corrected chi connectivity index (χ3v) is 16.3. The van der Waals surface area contributed by atoms with Crippen molar-refractivity contribution in [1.82, 2.24) is 14.5 Å². The van der Waals surface area contributed by atoms with Crippen molar-refractivity contribution in [3.05, 3.63) is 167 Å². The van der Waals surface area contributed by atoms with Gasteiger partial charge in [0.15, 0.2) is 8.07 Å². The van der Waals surface area contributed by atoms with Crippen LogP contribution in [0.4, 0.5) is 0 Å². The molecule has 3 atom stereocenters. The predicted octanol–water partition coefficient (Wildman–Crippen LogP) is 10.3. The Morgan fingerprint density at radius 3 is 2.18 bits per heavy atom. The van der Waals surface area contributed by atoms with Gasteiger partial charge in [-0.2, -0.15) is 0 Å². The average Bonchev–Trinajstić information content (AvgIpc) is 3.52. The molecule has 0 aliphatic heterocycles. The minimum Gasteiger partial charge on any atom is -0.278 e. The van der Waals surface area contributed by atoms with E-state index in [2.05, 4.69) is 172 Å². The average molecular weight is 668 g/mol. The molecular weight excluding hydrogens is 623 g/mol. The summed E-state index contributed by atoms with van der Waals surface area (Å²) in [6, 6.07) is 40.2. The monoisotopic (exact) mass is 667 g/mol. The van der Waals surface area contributed by atoms with E-state index in [-0.39, 0.29) is 0 Å². The van der Waals surface area contributed by atoms with E-state index >= 15 is 0 Å². The Balaban J connectivity index is 1.32. The second kappa shape index (κ2) is 13.3. The first kappa shape index (κ1) is 32.2. The van der Waals surface area contributed by atoms with Crippen LogP contribution in [0.3, 0.4) is 0 Å². The number of allylic oxidation sites excluding steroid dienone is 8. The fraction of sp³-hybridized carbons (Fsp3) is 0.217. The van der Waals surface area contributed by atoms with Gasteiger partial charge in [-0.3, -0.25) is 4.57 Å². The van der Waals surface area contributed by atoms with E-state index in [0.29, 0.717) is 23.7 Å². The van der Waals surface area contributed by atoms with Crippen molar-refractivity contribution < 1.29 is 0 Å². The zero-order valence-electron chi connectivity index (χ0n) is 29.6. The summed E-state index contributed by atoms with van der Waals surface area (Å²) in [7, 11) is -2.63. The Morgan fingerprint density at radius 2 is 1.48 bits per heavy atom. The molecule has 0 fully saturated rings. The molecular formula is C46H45N3Si. The number of rotatable bonds is 8. The SMILES string of the molecule is CCC(C)c1cccc2c1c1ccccc1n2-c1nccc(C2=CCC(C)C([Si](C3=CCC(C)C=C3)(c3ccccc3)c3ccccc3)=C2)n1. The Bertz CT molecular complexity index is 2270. The standard InChI is InChI=1S/C46H45N3Si/c1-5-33(3)39-20-14-22-43-45(39)40-19-12-13-21-42(40)49(43)46-47-30-29-41(48-46)35-26-25-34(4)44(31-35)50(36-15-8-6-9-16-36,37-17-10-7-11-18-37)38-27-23-32(2)24-28-38/h6-23,26-34H,5,24-25H2,1-4H3. The minimum atomic E-state index is -2.63. The molecule has 0 spiro atoms. The molecule has 2 heterocycles. The second-order valence-corrected chi connectivity index (χ2v) is 18.1. The first-order valence-corrected chi connectivity index (χ1v) is 20.3. The maximum atomic E-state index is 5.37. The van der Waals surface area contributed by atoms with E-state index in [9.17, 15) is 0 Å². The third kappa shape index (κ3) is 5.34. The van der Waals surface area contributed by atoms with Crippen molar-refractivity contribution in [3.63, 3.8) is 0 Å². The molecule has 2 aromatic heterocycles. The zero-order valence-corrected chi connectivity index (χ0v) is 30.6. The van der Waals surface area contributed by atoms with Gasteiger partial charge in [-0.25, -0.2) is 9.97 Å². The third-order valence-electron chi connectivity index (χ3n) is 11.1. The molecule has 0 saturated carbocycles. The summed E-state index contributed by atoms with van der Waals surface area (Å²) in [5.74, 6) is 2.11. The van der Waals surface area contributed by atoms with E-state index < -0.39 is 8.07 Å². The highest BCUT2D eigenvalue weighted by atomic mass is 28.3. The van der Waals surface area contributed by atoms with Crippen LogP contribution in [0.1, 0.15) is 64.1 Å². The fourth-order valence-electron chi connectivity index (χ4n) is 8.35. The van der Waals surface area contributed by atoms with E-state index in [4.69, 9.17) is 9.97 Å². The Hall–Kier alpha value is -5.06. The lowest BCUT2D eigenvalue weighted by atomic mass is 9.94. The number of para-hydroxylation sites is 1. The number of benzene rings is 4. The molecule has 0 N–H and O–H groups in total. The molecule has 50 heavy (non-hydrogen) atoms. The Labute approximate surface area is 297 Å². The molecule has 0 saturated heterocycles. The maximum absolute atomic E-state index is 5.37. The molecule has 3 nitrogen and oxygen atoms in total. The number of hydrogen-bond acceptors (Lipinski definition) is 2. The van der Waals surface area contributed by atoms with Gasteiger partial charge in [0.2, 0.25) is 5.95 Å². The van der Waals surface area contributed by atoms with Gasteiger partial charge < -0.3 is 0 Å². The molecule has 4 heteroatoms. The number of nitrogens with zero attached hydrogens (tertiary/aromatic N) is 3. The quantitative estimate of drug-likeness (QED) is 0.151. The zero-order chi connectivity index (χ0) is 34.2. The van der Waals surface area contributed by atoms with Gasteiger partial charge in [-0.15, -0.1) is 0 Å². The number of aromatic nitrogens is 3. The van der Waals surface area contributed by atoms with E-state index in [1.165, 1.54) is 42.7 Å². The summed E-state index contributed by atoms with van der Waals surface area (Å²) < 4.78 is 2.27. The normalized spacial score (nSPS) is 18.5. The molecule has 2 aliphatic carbocycles. The van der Waals surface area contributed by atoms with E-state index in [1.54, 1.807) is 0 Å². The van der Waals surface area contributed by atoms with E-state index in [1.807, 2.05) is 6.20 Å². The first-order chi connectivity index (χ1) is 24.5. The molecule has 2 aliphatic rings. The molecule has 0 bridgehead atoms. The largest absolute Gasteiger partial charge is 0.278 e. The molecule has 4 aromatic carbocycles. The van der Waals surface area contributed by atoms with Gasteiger partial charge >= 0.3 is 0 Å². The van der Waals surface area contributed by atoms with Crippen molar-refractivity contribution in [2.24, 2.45) is 11.8 Å². The van der Waals surface area contributed by atoms with Crippen LogP contribution in [0.5, 0.6) is 0 Å². The van der Waals surface area contributed by atoms with Crippen LogP contribution < -0.4 is 10.4 Å². The molecule has 248 valence electrons. The van der Waals surface area contributed by atoms with Crippen molar-refractivity contribution in [1.29, 1.82) is 0 Å². The number of hydrogen-bond donors (Lipinski definition) is 0. The van der Waals surface area contributed by atoms with E-state index in [0.717, 1.165) is 36.0 Å². The Kier molecular flexibility index (Phi) is 8.58. The molecule has 6 aromatic rings. The van der Waals surface area contributed by atoms with Crippen LogP contribution in [0, 0.1) is 11.8 Å². The highest BCUT2D eigenvalue weighted by molar-refractivity contribution is 7.12. The number of fused-ring (bicyclic) bond motifs is 3. The van der Waals surface area contributed by atoms with Crippen molar-refractivity contribution in [2.75, 3.05) is 0 Å². The lowest BCUT2D eigenvalue weighted by molar-refractivity contribution is 0.715. The molecule has 3 unspecified atom stereocenters. The van der Waals surface area contributed by atoms with Crippen LogP contribution in [0.15, 0.2) is 156 Å². The van der Waals surface area contributed by atoms with Crippen LogP contribution in [-0.4, -0.2) is 22.6 Å². The summed E-state index contributed by atoms with van der Waals surface area (Å²) >= 11 is 0. The highest BCUT2D eigenvalue weighted by Crippen LogP contribution is 2.40. The summed E-state index contributed by atoms with van der Waals surface area (Å²) in [5.41, 5.74) is 5.84. The predicted molar refractivity (Wildman–Crippen MR) is 214 cm³/mol. The van der Waals surface area contributed by atoms with Crippen molar-refractivity contribution in [2.45, 2.75) is 52.9 Å². The minimum absolute atomic E-state index is 0.386. The fourth-order valence-corrected chi connectivity index (χ4v) is 13.7. The Morgan fingerprint density at radius 1 is 0.780 bits per heavy atom. The second-order valence-electron chi connectivity index (χ2n) is 14.3. The van der Waals surface area contributed by atoms with Gasteiger partial charge in [0, 0.05) is 17.0 Å². The summed E-state index contributed by atoms with van der Waals surface area (Å²) in [5, 5.41) is 8.45. The lowest BCUT2D eigenvalue weighted by Crippen LogP contribution is -2.63.